The summed E-state index contributed by atoms with van der Waals surface area (Å²) in [6.07, 6.45) is 0. The van der Waals surface area contributed by atoms with Gasteiger partial charge in [0.1, 0.15) is 6.54 Å². The van der Waals surface area contributed by atoms with Crippen molar-refractivity contribution in [3.63, 3.8) is 0 Å². The lowest BCUT2D eigenvalue weighted by molar-refractivity contribution is -0.135. The third-order valence-corrected chi connectivity index (χ3v) is 1.87. The molecule has 1 aromatic rings. The van der Waals surface area contributed by atoms with Gasteiger partial charge < -0.3 is 15.3 Å². The quantitative estimate of drug-likeness (QED) is 0.706. The number of carboxylic acids is 1. The van der Waals surface area contributed by atoms with Crippen LogP contribution in [0.15, 0.2) is 12.1 Å². The minimum atomic E-state index is -0.959. The third kappa shape index (κ3) is 2.91. The van der Waals surface area contributed by atoms with Gasteiger partial charge in [-0.25, -0.2) is 0 Å². The van der Waals surface area contributed by atoms with Crippen molar-refractivity contribution in [1.82, 2.24) is 15.5 Å². The van der Waals surface area contributed by atoms with Gasteiger partial charge in [0.2, 0.25) is 0 Å². The van der Waals surface area contributed by atoms with E-state index in [-0.39, 0.29) is 18.1 Å². The van der Waals surface area contributed by atoms with Crippen molar-refractivity contribution >= 4 is 17.7 Å². The van der Waals surface area contributed by atoms with Gasteiger partial charge in [0.15, 0.2) is 11.5 Å². The molecule has 0 aliphatic heterocycles. The smallest absolute Gasteiger partial charge is 0.323 e. The molecule has 0 saturated carbocycles. The predicted molar refractivity (Wildman–Crippen MR) is 56.3 cm³/mol. The average molecular weight is 224 g/mol. The summed E-state index contributed by atoms with van der Waals surface area (Å²) in [5, 5.41) is 18.4. The van der Waals surface area contributed by atoms with Gasteiger partial charge in [-0.15, -0.1) is 10.2 Å². The highest BCUT2D eigenvalue weighted by atomic mass is 16.4. The summed E-state index contributed by atoms with van der Waals surface area (Å²) in [6, 6.07) is 3.03. The van der Waals surface area contributed by atoms with E-state index in [0.717, 1.165) is 0 Å². The lowest BCUT2D eigenvalue weighted by Crippen LogP contribution is -2.27. The number of carbonyl (C=O) groups is 2. The Hall–Kier alpha value is -2.18. The van der Waals surface area contributed by atoms with Gasteiger partial charge in [-0.05, 0) is 12.1 Å². The van der Waals surface area contributed by atoms with Crippen LogP contribution < -0.4 is 10.2 Å². The second-order valence-electron chi connectivity index (χ2n) is 3.11. The number of carboxylic acid groups (broad SMARTS) is 1. The maximum absolute atomic E-state index is 11.2. The van der Waals surface area contributed by atoms with E-state index >= 15 is 0 Å². The fourth-order valence-electron chi connectivity index (χ4n) is 1.06. The van der Waals surface area contributed by atoms with Gasteiger partial charge in [0, 0.05) is 14.1 Å². The number of aliphatic carboxylic acids is 1. The Balaban J connectivity index is 2.78. The zero-order valence-corrected chi connectivity index (χ0v) is 8.97. The first-order valence-corrected chi connectivity index (χ1v) is 4.53. The van der Waals surface area contributed by atoms with Crippen LogP contribution in [0.1, 0.15) is 10.5 Å². The number of amides is 1. The summed E-state index contributed by atoms with van der Waals surface area (Å²) in [6.45, 7) is -0.173. The Labute approximate surface area is 92.1 Å². The van der Waals surface area contributed by atoms with Crippen LogP contribution in [0.5, 0.6) is 0 Å². The Morgan fingerprint density at radius 3 is 2.56 bits per heavy atom. The Morgan fingerprint density at radius 1 is 1.44 bits per heavy atom. The molecule has 16 heavy (non-hydrogen) atoms. The van der Waals surface area contributed by atoms with Crippen molar-refractivity contribution < 1.29 is 14.7 Å². The second kappa shape index (κ2) is 5.06. The fourth-order valence-corrected chi connectivity index (χ4v) is 1.06. The minimum Gasteiger partial charge on any atom is -0.480 e. The molecule has 7 heteroatoms. The van der Waals surface area contributed by atoms with Crippen LogP contribution in [0.3, 0.4) is 0 Å². The maximum atomic E-state index is 11.2. The molecule has 1 rings (SSSR count). The number of carbonyl (C=O) groups excluding carboxylic acids is 1. The second-order valence-corrected chi connectivity index (χ2v) is 3.11. The van der Waals surface area contributed by atoms with Crippen LogP contribution in [-0.4, -0.2) is 47.8 Å². The number of hydrogen-bond donors (Lipinski definition) is 2. The number of aromatic nitrogens is 2. The normalized spacial score (nSPS) is 9.62. The Morgan fingerprint density at radius 2 is 2.12 bits per heavy atom. The predicted octanol–water partition coefficient (Wildman–Crippen LogP) is -0.643. The third-order valence-electron chi connectivity index (χ3n) is 1.87. The molecular weight excluding hydrogens is 212 g/mol. The van der Waals surface area contributed by atoms with Gasteiger partial charge >= 0.3 is 5.97 Å². The van der Waals surface area contributed by atoms with Crippen molar-refractivity contribution in [3.05, 3.63) is 17.8 Å². The van der Waals surface area contributed by atoms with E-state index in [1.165, 1.54) is 18.0 Å². The summed E-state index contributed by atoms with van der Waals surface area (Å²) in [7, 11) is 3.08. The van der Waals surface area contributed by atoms with Crippen LogP contribution in [-0.2, 0) is 4.79 Å². The summed E-state index contributed by atoms with van der Waals surface area (Å²) in [4.78, 5) is 23.0. The van der Waals surface area contributed by atoms with Gasteiger partial charge in [0.05, 0.1) is 0 Å². The lowest BCUT2D eigenvalue weighted by atomic mass is 10.3. The van der Waals surface area contributed by atoms with Gasteiger partial charge in [-0.3, -0.25) is 9.59 Å². The summed E-state index contributed by atoms with van der Waals surface area (Å²) in [5.74, 6) is -0.894. The Kier molecular flexibility index (Phi) is 3.76. The highest BCUT2D eigenvalue weighted by molar-refractivity contribution is 5.91. The molecule has 0 spiro atoms. The first kappa shape index (κ1) is 11.9. The molecule has 0 unspecified atom stereocenters. The Bertz CT molecular complexity index is 390. The van der Waals surface area contributed by atoms with E-state index in [4.69, 9.17) is 5.11 Å². The first-order chi connectivity index (χ1) is 7.54. The molecule has 86 valence electrons. The average Bonchev–Trinajstić information content (AvgIpc) is 2.27. The minimum absolute atomic E-state index is 0.173. The molecule has 0 bridgehead atoms. The van der Waals surface area contributed by atoms with E-state index < -0.39 is 5.97 Å². The van der Waals surface area contributed by atoms with Crippen molar-refractivity contribution in [2.45, 2.75) is 0 Å². The van der Waals surface area contributed by atoms with Crippen molar-refractivity contribution in [2.75, 3.05) is 25.5 Å². The van der Waals surface area contributed by atoms with Crippen molar-refractivity contribution in [3.8, 4) is 0 Å². The SMILES string of the molecule is CNC(=O)c1ccc(N(C)CC(=O)O)nn1. The molecule has 1 aromatic heterocycles. The highest BCUT2D eigenvalue weighted by Gasteiger charge is 2.09. The molecule has 0 radical (unpaired) electrons. The van der Waals surface area contributed by atoms with Crippen LogP contribution in [0, 0.1) is 0 Å². The lowest BCUT2D eigenvalue weighted by Gasteiger charge is -2.14. The van der Waals surface area contributed by atoms with Crippen LogP contribution in [0.2, 0.25) is 0 Å². The number of rotatable bonds is 4. The topological polar surface area (TPSA) is 95.4 Å². The van der Waals surface area contributed by atoms with Crippen LogP contribution in [0.4, 0.5) is 5.82 Å². The van der Waals surface area contributed by atoms with Gasteiger partial charge in [-0.1, -0.05) is 0 Å². The monoisotopic (exact) mass is 224 g/mol. The molecule has 7 nitrogen and oxygen atoms in total. The zero-order chi connectivity index (χ0) is 12.1. The standard InChI is InChI=1S/C9H12N4O3/c1-10-9(16)6-3-4-7(12-11-6)13(2)5-8(14)15/h3-4H,5H2,1-2H3,(H,10,16)(H,14,15). The summed E-state index contributed by atoms with van der Waals surface area (Å²) in [5.41, 5.74) is 0.190. The summed E-state index contributed by atoms with van der Waals surface area (Å²) < 4.78 is 0. The molecule has 1 amide bonds. The van der Waals surface area contributed by atoms with Crippen LogP contribution in [0.25, 0.3) is 0 Å². The number of anilines is 1. The largest absolute Gasteiger partial charge is 0.480 e. The number of hydrogen-bond acceptors (Lipinski definition) is 5. The number of likely N-dealkylation sites (N-methyl/N-ethyl adjacent to an activating group) is 1. The highest BCUT2D eigenvalue weighted by Crippen LogP contribution is 2.06. The van der Waals surface area contributed by atoms with Crippen molar-refractivity contribution in [1.29, 1.82) is 0 Å². The molecule has 0 aliphatic carbocycles. The van der Waals surface area contributed by atoms with E-state index in [2.05, 4.69) is 15.5 Å². The molecule has 0 aromatic carbocycles. The maximum Gasteiger partial charge on any atom is 0.323 e. The van der Waals surface area contributed by atoms with Crippen LogP contribution >= 0.6 is 0 Å². The number of nitrogens with zero attached hydrogens (tertiary/aromatic N) is 3. The zero-order valence-electron chi connectivity index (χ0n) is 8.97. The fraction of sp³-hybridized carbons (Fsp3) is 0.333. The van der Waals surface area contributed by atoms with Gasteiger partial charge in [-0.2, -0.15) is 0 Å². The molecule has 0 aliphatic rings. The molecule has 0 fully saturated rings. The summed E-state index contributed by atoms with van der Waals surface area (Å²) >= 11 is 0. The molecule has 1 heterocycles. The van der Waals surface area contributed by atoms with E-state index in [9.17, 15) is 9.59 Å². The van der Waals surface area contributed by atoms with Crippen molar-refractivity contribution in [2.24, 2.45) is 0 Å². The molecule has 0 saturated heterocycles. The van der Waals surface area contributed by atoms with E-state index in [0.29, 0.717) is 5.82 Å². The molecule has 0 atom stereocenters. The van der Waals surface area contributed by atoms with E-state index in [1.807, 2.05) is 0 Å². The van der Waals surface area contributed by atoms with E-state index in [1.54, 1.807) is 13.1 Å². The first-order valence-electron chi connectivity index (χ1n) is 4.53. The number of nitrogens with one attached hydrogen (secondary N) is 1. The molecular formula is C9H12N4O3. The molecule has 2 N–H and O–H groups in total. The van der Waals surface area contributed by atoms with Gasteiger partial charge in [0.25, 0.3) is 5.91 Å².